The molecule has 338 valence electrons. The summed E-state index contributed by atoms with van der Waals surface area (Å²) >= 11 is 20.3. The Bertz CT molecular complexity index is 2030. The van der Waals surface area contributed by atoms with Crippen LogP contribution in [0.3, 0.4) is 0 Å². The molecule has 4 aliphatic carbocycles. The van der Waals surface area contributed by atoms with E-state index in [-0.39, 0.29) is 49.3 Å². The molecule has 2 saturated heterocycles. The Balaban J connectivity index is 0.000000142. The summed E-state index contributed by atoms with van der Waals surface area (Å²) < 4.78 is 10.7. The van der Waals surface area contributed by atoms with Crippen molar-refractivity contribution in [2.45, 2.75) is 101 Å². The third kappa shape index (κ3) is 7.66. The number of halogens is 3. The molecule has 0 aromatic heterocycles. The van der Waals surface area contributed by atoms with Crippen molar-refractivity contribution in [1.29, 1.82) is 0 Å². The van der Waals surface area contributed by atoms with Gasteiger partial charge >= 0.3 is 147 Å². The Labute approximate surface area is 384 Å². The molecular weight excluding hydrogens is 882 g/mol. The molecule has 0 spiro atoms. The summed E-state index contributed by atoms with van der Waals surface area (Å²) in [5.41, 5.74) is -4.08. The minimum atomic E-state index is -3.43. The van der Waals surface area contributed by atoms with Crippen LogP contribution in [0.1, 0.15) is 78.1 Å². The zero-order chi connectivity index (χ0) is 45.3. The topological polar surface area (TPSA) is 147 Å². The van der Waals surface area contributed by atoms with Gasteiger partial charge in [-0.1, -0.05) is 24.3 Å². The Morgan fingerprint density at radius 2 is 1.00 bits per heavy atom. The molecular formula is C50H58Cl3O9P. The van der Waals surface area contributed by atoms with E-state index in [0.717, 1.165) is 54.4 Å². The second-order valence-electron chi connectivity index (χ2n) is 18.2. The van der Waals surface area contributed by atoms with Crippen LogP contribution in [0, 0.1) is 34.5 Å². The van der Waals surface area contributed by atoms with Gasteiger partial charge in [0.15, 0.2) is 0 Å². The van der Waals surface area contributed by atoms with E-state index in [1.807, 2.05) is 115 Å². The van der Waals surface area contributed by atoms with Crippen molar-refractivity contribution in [3.8, 4) is 0 Å². The second kappa shape index (κ2) is 18.5. The first-order valence-electron chi connectivity index (χ1n) is 22.1. The van der Waals surface area contributed by atoms with Gasteiger partial charge in [0, 0.05) is 37.2 Å². The number of allylic oxidation sites excluding steroid dienone is 2. The van der Waals surface area contributed by atoms with Crippen LogP contribution in [-0.4, -0.2) is 74.7 Å². The molecule has 0 bridgehead atoms. The number of aliphatic hydroxyl groups excluding tert-OH is 3. The monoisotopic (exact) mass is 938 g/mol. The van der Waals surface area contributed by atoms with E-state index in [0.29, 0.717) is 12.3 Å². The quantitative estimate of drug-likeness (QED) is 0.0753. The first-order chi connectivity index (χ1) is 30.1. The summed E-state index contributed by atoms with van der Waals surface area (Å²) in [6.07, 6.45) is 12.8. The molecule has 0 radical (unpaired) electrons. The number of fused-ring (bicyclic) bond motifs is 2. The summed E-state index contributed by atoms with van der Waals surface area (Å²) in [4.78, 5) is 49.1. The number of carbonyl (C=O) groups excluding carboxylic acids is 4. The first kappa shape index (κ1) is 47.6. The molecule has 13 heteroatoms. The van der Waals surface area contributed by atoms with E-state index in [9.17, 15) is 29.4 Å². The third-order valence-corrected chi connectivity index (χ3v) is 22.3. The normalized spacial score (nSPS) is 33.2. The zero-order valence-corrected chi connectivity index (χ0v) is 39.0. The number of hydrogen-bond donors (Lipinski definition) is 3. The molecule has 3 N–H and O–H groups in total. The fourth-order valence-electron chi connectivity index (χ4n) is 11.3. The molecule has 2 aliphatic heterocycles. The van der Waals surface area contributed by atoms with Crippen molar-refractivity contribution in [3.63, 3.8) is 0 Å². The number of Topliss-reactive ketones (excluding diaryl/α,β-unsaturated/α-hetero) is 2. The molecule has 4 fully saturated rings. The van der Waals surface area contributed by atoms with E-state index in [1.54, 1.807) is 13.8 Å². The van der Waals surface area contributed by atoms with E-state index in [4.69, 9.17) is 48.7 Å². The van der Waals surface area contributed by atoms with Crippen molar-refractivity contribution >= 4 is 78.8 Å². The summed E-state index contributed by atoms with van der Waals surface area (Å²) in [7, 11) is 0. The Hall–Kier alpha value is -3.40. The van der Waals surface area contributed by atoms with Gasteiger partial charge in [-0.25, -0.2) is 0 Å². The number of benzene rings is 3. The Morgan fingerprint density at radius 1 is 0.635 bits per heavy atom. The first-order valence-corrected chi connectivity index (χ1v) is 26.7. The summed E-state index contributed by atoms with van der Waals surface area (Å²) in [5, 5.41) is 30.3. The van der Waals surface area contributed by atoms with Gasteiger partial charge in [-0.15, -0.1) is 11.6 Å². The summed E-state index contributed by atoms with van der Waals surface area (Å²) in [6, 6.07) is 29.9. The van der Waals surface area contributed by atoms with Crippen LogP contribution in [0.4, 0.5) is 0 Å². The van der Waals surface area contributed by atoms with Gasteiger partial charge in [-0.05, 0) is 65.2 Å². The van der Waals surface area contributed by atoms with Crippen LogP contribution in [0.2, 0.25) is 0 Å². The second-order valence-corrected chi connectivity index (χ2v) is 26.5. The van der Waals surface area contributed by atoms with Crippen molar-refractivity contribution in [3.05, 3.63) is 115 Å². The zero-order valence-electron chi connectivity index (χ0n) is 35.8. The van der Waals surface area contributed by atoms with Gasteiger partial charge in [0.2, 0.25) is 0 Å². The number of esters is 2. The number of alkyl halides is 1. The summed E-state index contributed by atoms with van der Waals surface area (Å²) in [5.74, 6) is -1.73. The molecule has 3 aromatic rings. The van der Waals surface area contributed by atoms with Gasteiger partial charge in [0.05, 0.1) is 24.0 Å². The van der Waals surface area contributed by atoms with E-state index >= 15 is 0 Å². The van der Waals surface area contributed by atoms with Crippen molar-refractivity contribution < 1.29 is 44.0 Å². The molecule has 3 aromatic carbocycles. The van der Waals surface area contributed by atoms with Crippen LogP contribution in [0.5, 0.6) is 0 Å². The van der Waals surface area contributed by atoms with Crippen LogP contribution in [0.25, 0.3) is 0 Å². The standard InChI is InChI=1S/C18H15Cl2P.C16H21ClO4.C16H22O5/c19-21(20,16-10-4-1-5-11-16,17-12-6-2-7-13-17)18-14-8-3-9-15-18;2*1-15-11(7-8-17)12(18)9-16(15,14(20)21-15)13(19)10-5-3-2-4-6-10/h1-15H;3,5,10-11,13,19H,2,4,6-9H2,1H3;3,5,10-11,13,17,19H,2,4,6-9H2,1H3/t;2*10-,11+,13-,15+,16-/m.11/s1. The average Bonchev–Trinajstić information content (AvgIpc) is 3.60. The van der Waals surface area contributed by atoms with Crippen molar-refractivity contribution in [2.75, 3.05) is 12.5 Å². The van der Waals surface area contributed by atoms with E-state index in [1.165, 1.54) is 0 Å². The maximum absolute atomic E-state index is 12.3. The van der Waals surface area contributed by atoms with E-state index < -0.39 is 63.3 Å². The number of carbonyl (C=O) groups is 4. The van der Waals surface area contributed by atoms with E-state index in [2.05, 4.69) is 0 Å². The number of hydrogen-bond acceptors (Lipinski definition) is 9. The molecule has 9 nitrogen and oxygen atoms in total. The molecule has 0 amide bonds. The van der Waals surface area contributed by atoms with Gasteiger partial charge in [0.25, 0.3) is 0 Å². The molecule has 9 rings (SSSR count). The Morgan fingerprint density at radius 3 is 1.30 bits per heavy atom. The maximum atomic E-state index is 12.3. The molecule has 10 atom stereocenters. The SMILES string of the molecule is C[C@@]12OC(=O)[C@]1([C@H](O)[C@@H]1C=CCCC1)CC(=O)[C@@H]2CCCl.C[C@@]12OC(=O)[C@]1([C@H](O)[C@@H]1C=CCCC1)CC(=O)[C@@H]2CCO.ClP(Cl)(c1ccccc1)(c1ccccc1)c1ccccc1. The van der Waals surface area contributed by atoms with Crippen LogP contribution < -0.4 is 15.9 Å². The van der Waals surface area contributed by atoms with Crippen LogP contribution in [0.15, 0.2) is 115 Å². The molecule has 0 unspecified atom stereocenters. The number of aliphatic hydroxyl groups is 3. The fourth-order valence-corrected chi connectivity index (χ4v) is 16.6. The van der Waals surface area contributed by atoms with Crippen molar-refractivity contribution in [1.82, 2.24) is 0 Å². The molecule has 2 saturated carbocycles. The van der Waals surface area contributed by atoms with Gasteiger partial charge in [-0.3, -0.25) is 19.2 Å². The fraction of sp³-hybridized carbons (Fsp3) is 0.480. The predicted molar refractivity (Wildman–Crippen MR) is 249 cm³/mol. The summed E-state index contributed by atoms with van der Waals surface area (Å²) in [6.45, 7) is 3.39. The molecule has 63 heavy (non-hydrogen) atoms. The number of ketones is 2. The third-order valence-electron chi connectivity index (χ3n) is 15.0. The average molecular weight is 940 g/mol. The number of ether oxygens (including phenoxy) is 2. The Kier molecular flexibility index (Phi) is 13.9. The molecule has 6 aliphatic rings. The van der Waals surface area contributed by atoms with Crippen LogP contribution >= 0.6 is 39.4 Å². The molecule has 2 heterocycles. The number of rotatable bonds is 11. The minimum absolute atomic E-state index is 0.0113. The van der Waals surface area contributed by atoms with Gasteiger partial charge < -0.3 is 24.8 Å². The van der Waals surface area contributed by atoms with Gasteiger partial charge in [0.1, 0.15) is 33.6 Å². The van der Waals surface area contributed by atoms with Gasteiger partial charge in [-0.2, -0.15) is 0 Å². The predicted octanol–water partition coefficient (Wildman–Crippen LogP) is 8.02. The van der Waals surface area contributed by atoms with Crippen LogP contribution in [-0.2, 0) is 28.7 Å². The van der Waals surface area contributed by atoms with Crippen molar-refractivity contribution in [2.24, 2.45) is 34.5 Å².